The molecule has 0 amide bonds. The van der Waals surface area contributed by atoms with Gasteiger partial charge in [0.05, 0.1) is 6.04 Å². The summed E-state index contributed by atoms with van der Waals surface area (Å²) in [7, 11) is 0. The van der Waals surface area contributed by atoms with Crippen molar-refractivity contribution in [2.24, 2.45) is 5.73 Å². The first-order chi connectivity index (χ1) is 8.17. The largest absolute Gasteiger partial charge is 0.328 e. The van der Waals surface area contributed by atoms with Crippen molar-refractivity contribution in [2.45, 2.75) is 58.5 Å². The van der Waals surface area contributed by atoms with Crippen LogP contribution in [0.25, 0.3) is 0 Å². The summed E-state index contributed by atoms with van der Waals surface area (Å²) in [5.41, 5.74) is 5.98. The molecule has 0 aliphatic heterocycles. The highest BCUT2D eigenvalue weighted by Gasteiger charge is 2.09. The molecule has 3 N–H and O–H groups in total. The number of hydrogen-bond donors (Lipinski definition) is 2. The Labute approximate surface area is 109 Å². The average Bonchev–Trinajstić information content (AvgIpc) is 2.77. The number of nitrogens with zero attached hydrogens (tertiary/aromatic N) is 1. The van der Waals surface area contributed by atoms with Gasteiger partial charge in [-0.05, 0) is 32.7 Å². The topological polar surface area (TPSA) is 50.9 Å². The molecule has 1 aromatic heterocycles. The molecular formula is C13H25N3S. The Morgan fingerprint density at radius 2 is 2.18 bits per heavy atom. The molecule has 1 rings (SSSR count). The smallest absolute Gasteiger partial charge is 0.109 e. The van der Waals surface area contributed by atoms with E-state index in [-0.39, 0.29) is 0 Å². The van der Waals surface area contributed by atoms with Crippen LogP contribution in [-0.2, 0) is 6.42 Å². The van der Waals surface area contributed by atoms with Crippen molar-refractivity contribution in [3.05, 3.63) is 16.1 Å². The first-order valence-corrected chi connectivity index (χ1v) is 7.42. The molecule has 17 heavy (non-hydrogen) atoms. The molecule has 0 saturated carbocycles. The molecule has 98 valence electrons. The fourth-order valence-corrected chi connectivity index (χ4v) is 2.66. The predicted octanol–water partition coefficient (Wildman–Crippen LogP) is 2.87. The SMILES string of the molecule is CCCC(N)CCNC(C)c1ncc(CC)s1. The second kappa shape index (κ2) is 7.80. The van der Waals surface area contributed by atoms with E-state index in [9.17, 15) is 0 Å². The predicted molar refractivity (Wildman–Crippen MR) is 75.4 cm³/mol. The summed E-state index contributed by atoms with van der Waals surface area (Å²) < 4.78 is 0. The van der Waals surface area contributed by atoms with Crippen molar-refractivity contribution in [2.75, 3.05) is 6.54 Å². The van der Waals surface area contributed by atoms with Gasteiger partial charge in [0.15, 0.2) is 0 Å². The molecule has 1 aromatic rings. The summed E-state index contributed by atoms with van der Waals surface area (Å²) >= 11 is 1.81. The molecular weight excluding hydrogens is 230 g/mol. The van der Waals surface area contributed by atoms with E-state index in [0.29, 0.717) is 12.1 Å². The maximum atomic E-state index is 5.98. The van der Waals surface area contributed by atoms with Crippen LogP contribution >= 0.6 is 11.3 Å². The summed E-state index contributed by atoms with van der Waals surface area (Å²) in [4.78, 5) is 5.80. The normalized spacial score (nSPS) is 14.8. The van der Waals surface area contributed by atoms with Crippen LogP contribution in [-0.4, -0.2) is 17.6 Å². The fraction of sp³-hybridized carbons (Fsp3) is 0.769. The first kappa shape index (κ1) is 14.6. The van der Waals surface area contributed by atoms with Crippen LogP contribution in [0.15, 0.2) is 6.20 Å². The second-order valence-corrected chi connectivity index (χ2v) is 5.68. The number of aryl methyl sites for hydroxylation is 1. The van der Waals surface area contributed by atoms with Gasteiger partial charge in [0.2, 0.25) is 0 Å². The highest BCUT2D eigenvalue weighted by atomic mass is 32.1. The minimum atomic E-state index is 0.335. The first-order valence-electron chi connectivity index (χ1n) is 6.60. The molecule has 0 aliphatic rings. The van der Waals surface area contributed by atoms with Gasteiger partial charge in [-0.2, -0.15) is 0 Å². The van der Waals surface area contributed by atoms with Crippen LogP contribution in [0, 0.1) is 0 Å². The molecule has 0 fully saturated rings. The summed E-state index contributed by atoms with van der Waals surface area (Å²) in [6.07, 6.45) is 6.40. The Hall–Kier alpha value is -0.450. The lowest BCUT2D eigenvalue weighted by molar-refractivity contribution is 0.494. The number of thiazole rings is 1. The van der Waals surface area contributed by atoms with Crippen LogP contribution in [0.1, 0.15) is 56.0 Å². The van der Waals surface area contributed by atoms with Gasteiger partial charge in [-0.3, -0.25) is 0 Å². The molecule has 0 aliphatic carbocycles. The van der Waals surface area contributed by atoms with Gasteiger partial charge in [0.25, 0.3) is 0 Å². The van der Waals surface area contributed by atoms with Crippen LogP contribution in [0.3, 0.4) is 0 Å². The van der Waals surface area contributed by atoms with E-state index in [2.05, 4.69) is 31.1 Å². The van der Waals surface area contributed by atoms with E-state index < -0.39 is 0 Å². The summed E-state index contributed by atoms with van der Waals surface area (Å²) in [5.74, 6) is 0. The minimum Gasteiger partial charge on any atom is -0.328 e. The molecule has 0 saturated heterocycles. The molecule has 4 heteroatoms. The third kappa shape index (κ3) is 5.15. The summed E-state index contributed by atoms with van der Waals surface area (Å²) in [6, 6.07) is 0.677. The van der Waals surface area contributed by atoms with E-state index in [1.54, 1.807) is 11.3 Å². The van der Waals surface area contributed by atoms with Crippen molar-refractivity contribution in [1.29, 1.82) is 0 Å². The number of nitrogens with one attached hydrogen (secondary N) is 1. The Bertz CT molecular complexity index is 311. The van der Waals surface area contributed by atoms with Gasteiger partial charge in [0.1, 0.15) is 5.01 Å². The van der Waals surface area contributed by atoms with Gasteiger partial charge in [-0.1, -0.05) is 20.3 Å². The molecule has 2 atom stereocenters. The van der Waals surface area contributed by atoms with Crippen LogP contribution < -0.4 is 11.1 Å². The zero-order valence-electron chi connectivity index (χ0n) is 11.2. The summed E-state index contributed by atoms with van der Waals surface area (Å²) in [6.45, 7) is 7.49. The van der Waals surface area contributed by atoms with Gasteiger partial charge in [-0.15, -0.1) is 11.3 Å². The second-order valence-electron chi connectivity index (χ2n) is 4.53. The number of nitrogens with two attached hydrogens (primary N) is 1. The average molecular weight is 255 g/mol. The molecule has 0 bridgehead atoms. The quantitative estimate of drug-likeness (QED) is 0.751. The number of rotatable bonds is 8. The lowest BCUT2D eigenvalue weighted by atomic mass is 10.1. The van der Waals surface area contributed by atoms with E-state index in [4.69, 9.17) is 5.73 Å². The minimum absolute atomic E-state index is 0.335. The third-order valence-electron chi connectivity index (χ3n) is 2.92. The molecule has 3 nitrogen and oxygen atoms in total. The van der Waals surface area contributed by atoms with Gasteiger partial charge >= 0.3 is 0 Å². The van der Waals surface area contributed by atoms with E-state index >= 15 is 0 Å². The summed E-state index contributed by atoms with van der Waals surface area (Å²) in [5, 5.41) is 4.68. The highest BCUT2D eigenvalue weighted by molar-refractivity contribution is 7.11. The molecule has 1 heterocycles. The Kier molecular flexibility index (Phi) is 6.70. The van der Waals surface area contributed by atoms with E-state index in [1.807, 2.05) is 6.20 Å². The standard InChI is InChI=1S/C13H25N3S/c1-4-6-11(14)7-8-15-10(3)13-16-9-12(5-2)17-13/h9-11,15H,4-8,14H2,1-3H3. The lowest BCUT2D eigenvalue weighted by Crippen LogP contribution is -2.27. The van der Waals surface area contributed by atoms with Gasteiger partial charge in [-0.25, -0.2) is 4.98 Å². The third-order valence-corrected chi connectivity index (χ3v) is 4.24. The van der Waals surface area contributed by atoms with Crippen molar-refractivity contribution in [3.8, 4) is 0 Å². The van der Waals surface area contributed by atoms with Crippen molar-refractivity contribution < 1.29 is 0 Å². The number of aromatic nitrogens is 1. The van der Waals surface area contributed by atoms with Crippen molar-refractivity contribution in [1.82, 2.24) is 10.3 Å². The van der Waals surface area contributed by atoms with Gasteiger partial charge < -0.3 is 11.1 Å². The Balaban J connectivity index is 2.27. The zero-order valence-corrected chi connectivity index (χ0v) is 12.0. The van der Waals surface area contributed by atoms with E-state index in [1.165, 1.54) is 16.3 Å². The maximum Gasteiger partial charge on any atom is 0.109 e. The molecule has 0 spiro atoms. The lowest BCUT2D eigenvalue weighted by Gasteiger charge is -2.14. The number of hydrogen-bond acceptors (Lipinski definition) is 4. The Morgan fingerprint density at radius 3 is 2.76 bits per heavy atom. The van der Waals surface area contributed by atoms with Crippen molar-refractivity contribution in [3.63, 3.8) is 0 Å². The fourth-order valence-electron chi connectivity index (χ4n) is 1.77. The molecule has 0 radical (unpaired) electrons. The maximum absolute atomic E-state index is 5.98. The van der Waals surface area contributed by atoms with Gasteiger partial charge in [0, 0.05) is 17.1 Å². The highest BCUT2D eigenvalue weighted by Crippen LogP contribution is 2.20. The van der Waals surface area contributed by atoms with Crippen LogP contribution in [0.4, 0.5) is 0 Å². The monoisotopic (exact) mass is 255 g/mol. The molecule has 0 aromatic carbocycles. The zero-order chi connectivity index (χ0) is 12.7. The Morgan fingerprint density at radius 1 is 1.41 bits per heavy atom. The van der Waals surface area contributed by atoms with Crippen LogP contribution in [0.5, 0.6) is 0 Å². The molecule has 2 unspecified atom stereocenters. The van der Waals surface area contributed by atoms with Crippen LogP contribution in [0.2, 0.25) is 0 Å². The van der Waals surface area contributed by atoms with Crippen molar-refractivity contribution >= 4 is 11.3 Å². The van der Waals surface area contributed by atoms with E-state index in [0.717, 1.165) is 25.8 Å².